The van der Waals surface area contributed by atoms with Crippen molar-refractivity contribution in [3.05, 3.63) is 76.3 Å². The first-order valence-electron chi connectivity index (χ1n) is 9.46. The smallest absolute Gasteiger partial charge is 0.266 e. The summed E-state index contributed by atoms with van der Waals surface area (Å²) < 4.78 is 2.47. The number of likely N-dealkylation sites (N-methyl/N-ethyl adjacent to an activating group) is 1. The molecule has 1 amide bonds. The number of thioether (sulfide) groups is 1. The van der Waals surface area contributed by atoms with Crippen LogP contribution in [0.15, 0.2) is 59.6 Å². The van der Waals surface area contributed by atoms with Gasteiger partial charge in [-0.2, -0.15) is 5.10 Å². The van der Waals surface area contributed by atoms with Crippen LogP contribution in [0.3, 0.4) is 0 Å². The predicted molar refractivity (Wildman–Crippen MR) is 124 cm³/mol. The maximum absolute atomic E-state index is 12.7. The summed E-state index contributed by atoms with van der Waals surface area (Å²) in [6.45, 7) is 6.66. The molecule has 1 fully saturated rings. The van der Waals surface area contributed by atoms with E-state index < -0.39 is 0 Å². The van der Waals surface area contributed by atoms with E-state index in [9.17, 15) is 4.79 Å². The SMILES string of the molecule is CCN1C(=O)C(=Cc2cn(-c3ccccc3)nc2-c2cc(C)ccc2C)SC1=S. The minimum atomic E-state index is -0.0399. The third-order valence-electron chi connectivity index (χ3n) is 4.89. The van der Waals surface area contributed by atoms with E-state index in [0.29, 0.717) is 15.8 Å². The minimum absolute atomic E-state index is 0.0399. The van der Waals surface area contributed by atoms with Crippen LogP contribution >= 0.6 is 24.0 Å². The summed E-state index contributed by atoms with van der Waals surface area (Å²) >= 11 is 6.71. The number of amides is 1. The summed E-state index contributed by atoms with van der Waals surface area (Å²) in [6, 6.07) is 16.3. The van der Waals surface area contributed by atoms with Crippen molar-refractivity contribution >= 4 is 40.3 Å². The Labute approximate surface area is 180 Å². The van der Waals surface area contributed by atoms with Crippen molar-refractivity contribution in [3.63, 3.8) is 0 Å². The number of aryl methyl sites for hydroxylation is 2. The van der Waals surface area contributed by atoms with Crippen molar-refractivity contribution in [2.24, 2.45) is 0 Å². The van der Waals surface area contributed by atoms with Crippen molar-refractivity contribution in [2.45, 2.75) is 20.8 Å². The molecule has 0 atom stereocenters. The Bertz CT molecular complexity index is 1130. The second-order valence-corrected chi connectivity index (χ2v) is 8.63. The van der Waals surface area contributed by atoms with E-state index >= 15 is 0 Å². The number of benzene rings is 2. The molecule has 2 aromatic carbocycles. The first kappa shape index (κ1) is 19.6. The van der Waals surface area contributed by atoms with E-state index in [-0.39, 0.29) is 5.91 Å². The highest BCUT2D eigenvalue weighted by molar-refractivity contribution is 8.26. The molecule has 4 nitrogen and oxygen atoms in total. The van der Waals surface area contributed by atoms with Gasteiger partial charge in [-0.05, 0) is 50.6 Å². The highest BCUT2D eigenvalue weighted by Gasteiger charge is 2.31. The van der Waals surface area contributed by atoms with Gasteiger partial charge in [0.15, 0.2) is 0 Å². The van der Waals surface area contributed by atoms with E-state index in [1.165, 1.54) is 17.3 Å². The number of hydrogen-bond donors (Lipinski definition) is 0. The van der Waals surface area contributed by atoms with E-state index in [4.69, 9.17) is 17.3 Å². The van der Waals surface area contributed by atoms with E-state index in [1.54, 1.807) is 4.90 Å². The molecule has 2 heterocycles. The van der Waals surface area contributed by atoms with Gasteiger partial charge in [0, 0.05) is 23.9 Å². The van der Waals surface area contributed by atoms with Crippen LogP contribution in [-0.4, -0.2) is 31.5 Å². The van der Waals surface area contributed by atoms with Gasteiger partial charge in [0.1, 0.15) is 10.0 Å². The topological polar surface area (TPSA) is 38.1 Å². The first-order valence-corrected chi connectivity index (χ1v) is 10.7. The number of thiocarbonyl (C=S) groups is 1. The fourth-order valence-corrected chi connectivity index (χ4v) is 4.70. The first-order chi connectivity index (χ1) is 14.0. The van der Waals surface area contributed by atoms with Crippen molar-refractivity contribution in [3.8, 4) is 16.9 Å². The van der Waals surface area contributed by atoms with Crippen LogP contribution in [0.2, 0.25) is 0 Å². The lowest BCUT2D eigenvalue weighted by Crippen LogP contribution is -2.27. The molecule has 1 aromatic heterocycles. The fourth-order valence-electron chi connectivity index (χ4n) is 3.32. The Balaban J connectivity index is 1.87. The number of hydrogen-bond acceptors (Lipinski definition) is 4. The quantitative estimate of drug-likeness (QED) is 0.420. The zero-order valence-corrected chi connectivity index (χ0v) is 18.2. The number of nitrogens with zero attached hydrogens (tertiary/aromatic N) is 3. The molecule has 1 saturated heterocycles. The number of carbonyl (C=O) groups is 1. The van der Waals surface area contributed by atoms with Crippen molar-refractivity contribution in [1.82, 2.24) is 14.7 Å². The number of rotatable bonds is 4. The largest absolute Gasteiger partial charge is 0.293 e. The Morgan fingerprint density at radius 3 is 2.59 bits per heavy atom. The molecular weight excluding hydrogens is 398 g/mol. The lowest BCUT2D eigenvalue weighted by atomic mass is 10.0. The summed E-state index contributed by atoms with van der Waals surface area (Å²) in [4.78, 5) is 15.0. The molecule has 0 bridgehead atoms. The molecule has 0 spiro atoms. The molecule has 6 heteroatoms. The van der Waals surface area contributed by atoms with Crippen molar-refractivity contribution in [2.75, 3.05) is 6.54 Å². The zero-order valence-electron chi connectivity index (χ0n) is 16.5. The summed E-state index contributed by atoms with van der Waals surface area (Å²) in [5.74, 6) is -0.0399. The van der Waals surface area contributed by atoms with Crippen LogP contribution in [0, 0.1) is 13.8 Å². The van der Waals surface area contributed by atoms with Crippen LogP contribution in [0.4, 0.5) is 0 Å². The maximum Gasteiger partial charge on any atom is 0.266 e. The zero-order chi connectivity index (χ0) is 20.5. The maximum atomic E-state index is 12.7. The molecule has 1 aliphatic rings. The van der Waals surface area contributed by atoms with Crippen LogP contribution in [0.5, 0.6) is 0 Å². The molecule has 4 rings (SSSR count). The van der Waals surface area contributed by atoms with Crippen molar-refractivity contribution < 1.29 is 4.79 Å². The Kier molecular flexibility index (Phi) is 5.39. The van der Waals surface area contributed by atoms with Gasteiger partial charge in [0.05, 0.1) is 10.6 Å². The molecular formula is C23H21N3OS2. The van der Waals surface area contributed by atoms with Gasteiger partial charge in [-0.3, -0.25) is 9.69 Å². The van der Waals surface area contributed by atoms with Crippen LogP contribution in [0.1, 0.15) is 23.6 Å². The normalized spacial score (nSPS) is 15.6. The average molecular weight is 420 g/mol. The molecule has 0 N–H and O–H groups in total. The summed E-state index contributed by atoms with van der Waals surface area (Å²) in [6.07, 6.45) is 3.89. The minimum Gasteiger partial charge on any atom is -0.293 e. The molecule has 0 aliphatic carbocycles. The van der Waals surface area contributed by atoms with Crippen LogP contribution in [0.25, 0.3) is 23.0 Å². The van der Waals surface area contributed by atoms with E-state index in [1.807, 2.05) is 54.2 Å². The van der Waals surface area contributed by atoms with E-state index in [0.717, 1.165) is 28.1 Å². The molecule has 29 heavy (non-hydrogen) atoms. The Morgan fingerprint density at radius 1 is 1.14 bits per heavy atom. The van der Waals surface area contributed by atoms with Crippen LogP contribution < -0.4 is 0 Å². The standard InChI is InChI=1S/C23H21N3OS2/c1-4-25-22(27)20(29-23(25)28)13-17-14-26(18-8-6-5-7-9-18)24-21(17)19-12-15(2)10-11-16(19)3/h5-14H,4H2,1-3H3. The van der Waals surface area contributed by atoms with Gasteiger partial charge in [0.25, 0.3) is 5.91 Å². The third kappa shape index (κ3) is 3.78. The number of aromatic nitrogens is 2. The molecule has 146 valence electrons. The van der Waals surface area contributed by atoms with Gasteiger partial charge in [-0.25, -0.2) is 4.68 Å². The molecule has 0 radical (unpaired) electrons. The molecule has 3 aromatic rings. The van der Waals surface area contributed by atoms with Crippen LogP contribution in [-0.2, 0) is 4.79 Å². The van der Waals surface area contributed by atoms with Gasteiger partial charge >= 0.3 is 0 Å². The van der Waals surface area contributed by atoms with Gasteiger partial charge < -0.3 is 0 Å². The second-order valence-electron chi connectivity index (χ2n) is 6.96. The lowest BCUT2D eigenvalue weighted by molar-refractivity contribution is -0.121. The summed E-state index contributed by atoms with van der Waals surface area (Å²) in [5.41, 5.74) is 6.11. The van der Waals surface area contributed by atoms with Gasteiger partial charge in [-0.15, -0.1) is 0 Å². The lowest BCUT2D eigenvalue weighted by Gasteiger charge is -2.09. The Hall–Kier alpha value is -2.70. The van der Waals surface area contributed by atoms with E-state index in [2.05, 4.69) is 32.0 Å². The number of para-hydroxylation sites is 1. The fraction of sp³-hybridized carbons (Fsp3) is 0.174. The van der Waals surface area contributed by atoms with Gasteiger partial charge in [0.2, 0.25) is 0 Å². The Morgan fingerprint density at radius 2 is 1.90 bits per heavy atom. The summed E-state index contributed by atoms with van der Waals surface area (Å²) in [7, 11) is 0. The van der Waals surface area contributed by atoms with Crippen molar-refractivity contribution in [1.29, 1.82) is 0 Å². The van der Waals surface area contributed by atoms with Gasteiger partial charge in [-0.1, -0.05) is 59.9 Å². The third-order valence-corrected chi connectivity index (χ3v) is 6.27. The molecule has 0 saturated carbocycles. The second kappa shape index (κ2) is 7.97. The molecule has 1 aliphatic heterocycles. The summed E-state index contributed by atoms with van der Waals surface area (Å²) in [5, 5.41) is 4.88. The highest BCUT2D eigenvalue weighted by atomic mass is 32.2. The molecule has 0 unspecified atom stereocenters. The predicted octanol–water partition coefficient (Wildman–Crippen LogP) is 5.38. The highest BCUT2D eigenvalue weighted by Crippen LogP contribution is 2.35. The monoisotopic (exact) mass is 419 g/mol. The number of carbonyl (C=O) groups excluding carboxylic acids is 1. The average Bonchev–Trinajstić information content (AvgIpc) is 3.25.